The van der Waals surface area contributed by atoms with Crippen LogP contribution < -0.4 is 16.2 Å². The molecule has 30 heavy (non-hydrogen) atoms. The van der Waals surface area contributed by atoms with Gasteiger partial charge in [0.2, 0.25) is 11.0 Å². The molecule has 2 fully saturated rings. The van der Waals surface area contributed by atoms with Crippen molar-refractivity contribution in [2.24, 2.45) is 5.92 Å². The highest BCUT2D eigenvalue weighted by molar-refractivity contribution is 7.89. The van der Waals surface area contributed by atoms with Gasteiger partial charge in [0.25, 0.3) is 10.0 Å². The van der Waals surface area contributed by atoms with Gasteiger partial charge in [-0.1, -0.05) is 23.7 Å². The van der Waals surface area contributed by atoms with E-state index < -0.39 is 10.0 Å². The van der Waals surface area contributed by atoms with Crippen LogP contribution >= 0.6 is 11.6 Å². The number of sulfonamides is 1. The van der Waals surface area contributed by atoms with Crippen molar-refractivity contribution in [3.63, 3.8) is 0 Å². The second-order valence-electron chi connectivity index (χ2n) is 7.60. The summed E-state index contributed by atoms with van der Waals surface area (Å²) in [6.07, 6.45) is 1.78. The lowest BCUT2D eigenvalue weighted by Crippen LogP contribution is -2.42. The van der Waals surface area contributed by atoms with Crippen LogP contribution in [0.4, 0.5) is 0 Å². The van der Waals surface area contributed by atoms with E-state index in [1.54, 1.807) is 12.1 Å². The molecule has 3 N–H and O–H groups in total. The van der Waals surface area contributed by atoms with E-state index in [4.69, 9.17) is 16.0 Å². The van der Waals surface area contributed by atoms with E-state index in [1.165, 1.54) is 10.4 Å². The van der Waals surface area contributed by atoms with Crippen molar-refractivity contribution in [2.45, 2.75) is 36.9 Å². The number of rotatable bonds is 6. The van der Waals surface area contributed by atoms with Crippen molar-refractivity contribution in [3.8, 4) is 0 Å². The van der Waals surface area contributed by atoms with Crippen molar-refractivity contribution in [3.05, 3.63) is 52.7 Å². The standard InChI is InChI=1S/C20H25ClN4O4S/c21-16-3-1-2-14(12-16)13-22-20(26)15-7-10-25(11-8-15)30(27,28)19-5-4-18(29-19)17-6-9-23-24-17/h1-5,12,15,17,23-24H,6-11,13H2,(H,22,26). The largest absolute Gasteiger partial charge is 0.447 e. The number of nitrogens with one attached hydrogen (secondary N) is 3. The third kappa shape index (κ3) is 4.70. The SMILES string of the molecule is O=C(NCc1cccc(Cl)c1)C1CCN(S(=O)(=O)c2ccc(C3CCNN3)o2)CC1. The summed E-state index contributed by atoms with van der Waals surface area (Å²) in [7, 11) is -3.71. The van der Waals surface area contributed by atoms with Gasteiger partial charge in [-0.2, -0.15) is 4.31 Å². The first kappa shape index (κ1) is 21.3. The topological polar surface area (TPSA) is 104 Å². The van der Waals surface area contributed by atoms with Crippen molar-refractivity contribution in [1.29, 1.82) is 0 Å². The predicted molar refractivity (Wildman–Crippen MR) is 112 cm³/mol. The summed E-state index contributed by atoms with van der Waals surface area (Å²) in [6.45, 7) is 1.78. The van der Waals surface area contributed by atoms with Crippen LogP contribution in [0, 0.1) is 5.92 Å². The van der Waals surface area contributed by atoms with Gasteiger partial charge in [-0.05, 0) is 49.1 Å². The summed E-state index contributed by atoms with van der Waals surface area (Å²) in [5.74, 6) is 0.331. The lowest BCUT2D eigenvalue weighted by atomic mass is 9.97. The number of nitrogens with zero attached hydrogens (tertiary/aromatic N) is 1. The maximum atomic E-state index is 12.9. The monoisotopic (exact) mass is 452 g/mol. The van der Waals surface area contributed by atoms with Gasteiger partial charge in [0.15, 0.2) is 0 Å². The molecule has 0 radical (unpaired) electrons. The Morgan fingerprint density at radius 1 is 1.20 bits per heavy atom. The molecule has 0 saturated carbocycles. The summed E-state index contributed by atoms with van der Waals surface area (Å²) >= 11 is 5.97. The first-order valence-electron chi connectivity index (χ1n) is 10.0. The Hall–Kier alpha value is -1.91. The van der Waals surface area contributed by atoms with Crippen LogP contribution in [-0.2, 0) is 21.4 Å². The van der Waals surface area contributed by atoms with Crippen molar-refractivity contribution < 1.29 is 17.6 Å². The number of hydrazine groups is 1. The Balaban J connectivity index is 1.31. The average Bonchev–Trinajstić information content (AvgIpc) is 3.44. The summed E-state index contributed by atoms with van der Waals surface area (Å²) < 4.78 is 32.9. The molecule has 2 aromatic rings. The second-order valence-corrected chi connectivity index (χ2v) is 9.90. The zero-order valence-corrected chi connectivity index (χ0v) is 18.0. The van der Waals surface area contributed by atoms with Crippen molar-refractivity contribution in [1.82, 2.24) is 20.5 Å². The van der Waals surface area contributed by atoms with Gasteiger partial charge in [0.1, 0.15) is 5.76 Å². The Labute approximate surface area is 181 Å². The molecular formula is C20H25ClN4O4S. The highest BCUT2D eigenvalue weighted by Crippen LogP contribution is 2.28. The fourth-order valence-corrected chi connectivity index (χ4v) is 5.42. The maximum Gasteiger partial charge on any atom is 0.276 e. The number of amides is 1. The highest BCUT2D eigenvalue weighted by atomic mass is 35.5. The quantitative estimate of drug-likeness (QED) is 0.620. The number of benzene rings is 1. The summed E-state index contributed by atoms with van der Waals surface area (Å²) in [5.41, 5.74) is 6.99. The van der Waals surface area contributed by atoms with Crippen LogP contribution in [0.2, 0.25) is 5.02 Å². The number of piperidine rings is 1. The van der Waals surface area contributed by atoms with Gasteiger partial charge in [-0.25, -0.2) is 13.8 Å². The molecule has 162 valence electrons. The molecule has 10 heteroatoms. The number of halogens is 1. The number of carbonyl (C=O) groups excluding carboxylic acids is 1. The molecule has 2 aliphatic heterocycles. The first-order valence-corrected chi connectivity index (χ1v) is 11.9. The number of hydrogen-bond acceptors (Lipinski definition) is 6. The summed E-state index contributed by atoms with van der Waals surface area (Å²) in [6, 6.07) is 10.5. The second kappa shape index (κ2) is 9.07. The molecule has 8 nitrogen and oxygen atoms in total. The maximum absolute atomic E-state index is 12.9. The van der Waals surface area contributed by atoms with Gasteiger partial charge in [0.05, 0.1) is 6.04 Å². The number of hydrogen-bond donors (Lipinski definition) is 3. The molecule has 1 aromatic carbocycles. The first-order chi connectivity index (χ1) is 14.4. The lowest BCUT2D eigenvalue weighted by Gasteiger charge is -2.29. The van der Waals surface area contributed by atoms with Crippen LogP contribution in [0.5, 0.6) is 0 Å². The number of furan rings is 1. The zero-order valence-electron chi connectivity index (χ0n) is 16.4. The molecule has 0 spiro atoms. The number of carbonyl (C=O) groups is 1. The van der Waals surface area contributed by atoms with E-state index in [9.17, 15) is 13.2 Å². The minimum absolute atomic E-state index is 0.0251. The molecule has 2 aliphatic rings. The minimum atomic E-state index is -3.71. The average molecular weight is 453 g/mol. The lowest BCUT2D eigenvalue weighted by molar-refractivity contribution is -0.126. The van der Waals surface area contributed by atoms with E-state index in [0.717, 1.165) is 18.5 Å². The molecule has 2 saturated heterocycles. The molecule has 0 aliphatic carbocycles. The van der Waals surface area contributed by atoms with E-state index in [0.29, 0.717) is 30.2 Å². The Morgan fingerprint density at radius 2 is 2.00 bits per heavy atom. The van der Waals surface area contributed by atoms with Crippen LogP contribution in [0.3, 0.4) is 0 Å². The Kier molecular flexibility index (Phi) is 6.45. The van der Waals surface area contributed by atoms with Crippen LogP contribution in [-0.4, -0.2) is 38.3 Å². The van der Waals surface area contributed by atoms with E-state index in [-0.39, 0.29) is 36.0 Å². The Morgan fingerprint density at radius 3 is 2.70 bits per heavy atom. The fraction of sp³-hybridized carbons (Fsp3) is 0.450. The van der Waals surface area contributed by atoms with Crippen molar-refractivity contribution in [2.75, 3.05) is 19.6 Å². The molecule has 1 atom stereocenters. The molecular weight excluding hydrogens is 428 g/mol. The molecule has 1 unspecified atom stereocenters. The highest BCUT2D eigenvalue weighted by Gasteiger charge is 2.34. The summed E-state index contributed by atoms with van der Waals surface area (Å²) in [4.78, 5) is 12.5. The molecule has 1 aromatic heterocycles. The third-order valence-corrected chi connectivity index (χ3v) is 7.56. The molecule has 1 amide bonds. The molecule has 0 bridgehead atoms. The van der Waals surface area contributed by atoms with Crippen LogP contribution in [0.15, 0.2) is 45.9 Å². The van der Waals surface area contributed by atoms with E-state index >= 15 is 0 Å². The van der Waals surface area contributed by atoms with Gasteiger partial charge in [-0.3, -0.25) is 10.2 Å². The summed E-state index contributed by atoms with van der Waals surface area (Å²) in [5, 5.41) is 3.50. The predicted octanol–water partition coefficient (Wildman–Crippen LogP) is 2.19. The van der Waals surface area contributed by atoms with Gasteiger partial charge in [-0.15, -0.1) is 0 Å². The van der Waals surface area contributed by atoms with Gasteiger partial charge in [0, 0.05) is 37.1 Å². The van der Waals surface area contributed by atoms with Crippen LogP contribution in [0.25, 0.3) is 0 Å². The molecule has 4 rings (SSSR count). The molecule has 3 heterocycles. The smallest absolute Gasteiger partial charge is 0.276 e. The van der Waals surface area contributed by atoms with E-state index in [2.05, 4.69) is 16.2 Å². The third-order valence-electron chi connectivity index (χ3n) is 5.55. The normalized spacial score (nSPS) is 21.0. The fourth-order valence-electron chi connectivity index (χ4n) is 3.82. The minimum Gasteiger partial charge on any atom is -0.447 e. The van der Waals surface area contributed by atoms with E-state index in [1.807, 2.05) is 18.2 Å². The van der Waals surface area contributed by atoms with Crippen LogP contribution in [0.1, 0.15) is 36.6 Å². The van der Waals surface area contributed by atoms with Gasteiger partial charge >= 0.3 is 0 Å². The van der Waals surface area contributed by atoms with Gasteiger partial charge < -0.3 is 9.73 Å². The zero-order chi connectivity index (χ0) is 21.1. The Bertz CT molecular complexity index is 996. The van der Waals surface area contributed by atoms with Crippen molar-refractivity contribution >= 4 is 27.5 Å².